The van der Waals surface area contributed by atoms with Crippen LogP contribution in [-0.2, 0) is 30.6 Å². The zero-order valence-electron chi connectivity index (χ0n) is 16.4. The number of benzene rings is 2. The Hall–Kier alpha value is -2.88. The third-order valence-electron chi connectivity index (χ3n) is 5.64. The van der Waals surface area contributed by atoms with Crippen LogP contribution in [0.1, 0.15) is 48.6 Å². The van der Waals surface area contributed by atoms with Gasteiger partial charge in [0, 0.05) is 29.6 Å². The first-order valence-electron chi connectivity index (χ1n) is 10.3. The fraction of sp³-hybridized carbons (Fsp3) is 0.333. The van der Waals surface area contributed by atoms with Crippen molar-refractivity contribution in [1.29, 1.82) is 0 Å². The van der Waals surface area contributed by atoms with Crippen molar-refractivity contribution in [2.75, 3.05) is 0 Å². The quantitative estimate of drug-likeness (QED) is 0.497. The summed E-state index contributed by atoms with van der Waals surface area (Å²) in [5.74, 6) is -0.0521. The fourth-order valence-corrected chi connectivity index (χ4v) is 4.13. The van der Waals surface area contributed by atoms with E-state index in [0.717, 1.165) is 24.8 Å². The molecule has 1 aromatic heterocycles. The van der Waals surface area contributed by atoms with Crippen LogP contribution in [0.4, 0.5) is 0 Å². The van der Waals surface area contributed by atoms with Crippen LogP contribution < -0.4 is 5.43 Å². The van der Waals surface area contributed by atoms with Gasteiger partial charge in [-0.15, -0.1) is 0 Å². The topological polar surface area (TPSA) is 46.4 Å². The van der Waals surface area contributed by atoms with Gasteiger partial charge in [0.1, 0.15) is 0 Å². The number of rotatable bonds is 6. The van der Waals surface area contributed by atoms with Crippen LogP contribution in [0.25, 0.3) is 10.9 Å². The molecular weight excluding hydrogens is 346 g/mol. The van der Waals surface area contributed by atoms with E-state index in [1.54, 1.807) is 6.21 Å². The van der Waals surface area contributed by atoms with E-state index in [1.165, 1.54) is 40.6 Å². The van der Waals surface area contributed by atoms with E-state index in [0.29, 0.717) is 13.0 Å². The highest BCUT2D eigenvalue weighted by molar-refractivity contribution is 5.86. The third kappa shape index (κ3) is 3.86. The molecule has 3 aromatic rings. The molecular formula is C24H27N3O. The zero-order chi connectivity index (χ0) is 19.3. The molecule has 0 saturated carbocycles. The van der Waals surface area contributed by atoms with Gasteiger partial charge in [-0.05, 0) is 54.9 Å². The Labute approximate surface area is 166 Å². The summed E-state index contributed by atoms with van der Waals surface area (Å²) in [6, 6.07) is 16.8. The number of nitrogens with zero attached hydrogens (tertiary/aromatic N) is 2. The van der Waals surface area contributed by atoms with Crippen molar-refractivity contribution in [1.82, 2.24) is 9.99 Å². The van der Waals surface area contributed by atoms with Gasteiger partial charge in [-0.25, -0.2) is 5.43 Å². The van der Waals surface area contributed by atoms with Crippen LogP contribution in [0.2, 0.25) is 0 Å². The Kier molecular flexibility index (Phi) is 5.56. The first kappa shape index (κ1) is 18.5. The fourth-order valence-electron chi connectivity index (χ4n) is 4.13. The second-order valence-corrected chi connectivity index (χ2v) is 7.44. The summed E-state index contributed by atoms with van der Waals surface area (Å²) in [4.78, 5) is 12.3. The predicted molar refractivity (Wildman–Crippen MR) is 115 cm³/mol. The molecule has 1 amide bonds. The summed E-state index contributed by atoms with van der Waals surface area (Å²) in [7, 11) is 0. The van der Waals surface area contributed by atoms with Crippen molar-refractivity contribution in [3.05, 3.63) is 70.9 Å². The molecule has 28 heavy (non-hydrogen) atoms. The number of carbonyl (C=O) groups is 1. The Bertz CT molecular complexity index is 999. The molecule has 4 rings (SSSR count). The number of hydrazone groups is 1. The van der Waals surface area contributed by atoms with Crippen LogP contribution in [0.3, 0.4) is 0 Å². The molecule has 4 heteroatoms. The minimum Gasteiger partial charge on any atom is -0.344 e. The second-order valence-electron chi connectivity index (χ2n) is 7.44. The number of fused-ring (bicyclic) bond motifs is 3. The molecule has 1 heterocycles. The number of hydrogen-bond donors (Lipinski definition) is 1. The van der Waals surface area contributed by atoms with Crippen LogP contribution in [0.15, 0.2) is 53.6 Å². The standard InChI is InChI=1S/C24H27N3O/c1-2-18-11-13-19(14-12-18)17-25-26-24(28)15-16-27-22-9-5-3-7-20(22)21-8-4-6-10-23(21)27/h3,5,7,9,11-14,17H,2,4,6,8,10,15-16H2,1H3,(H,26,28)/b25-17-. The molecule has 144 valence electrons. The Morgan fingerprint density at radius 1 is 1.11 bits per heavy atom. The highest BCUT2D eigenvalue weighted by Gasteiger charge is 2.19. The molecule has 0 radical (unpaired) electrons. The van der Waals surface area contributed by atoms with Crippen LogP contribution in [-0.4, -0.2) is 16.7 Å². The van der Waals surface area contributed by atoms with Crippen LogP contribution in [0.5, 0.6) is 0 Å². The maximum atomic E-state index is 12.3. The summed E-state index contributed by atoms with van der Waals surface area (Å²) < 4.78 is 2.34. The minimum absolute atomic E-state index is 0.0521. The molecule has 1 N–H and O–H groups in total. The van der Waals surface area contributed by atoms with Crippen molar-refractivity contribution in [2.24, 2.45) is 5.10 Å². The molecule has 4 nitrogen and oxygen atoms in total. The van der Waals surface area contributed by atoms with Crippen LogP contribution >= 0.6 is 0 Å². The Morgan fingerprint density at radius 2 is 1.89 bits per heavy atom. The lowest BCUT2D eigenvalue weighted by Gasteiger charge is -2.15. The Balaban J connectivity index is 1.40. The molecule has 0 spiro atoms. The van der Waals surface area contributed by atoms with Crippen molar-refractivity contribution in [2.45, 2.75) is 52.0 Å². The average Bonchev–Trinajstić information content (AvgIpc) is 3.07. The first-order chi connectivity index (χ1) is 13.8. The van der Waals surface area contributed by atoms with Crippen LogP contribution in [0, 0.1) is 0 Å². The van der Waals surface area contributed by atoms with Gasteiger partial charge in [0.2, 0.25) is 5.91 Å². The lowest BCUT2D eigenvalue weighted by Crippen LogP contribution is -2.20. The third-order valence-corrected chi connectivity index (χ3v) is 5.64. The number of hydrogen-bond acceptors (Lipinski definition) is 2. The predicted octanol–water partition coefficient (Wildman–Crippen LogP) is 4.62. The molecule has 0 aliphatic heterocycles. The highest BCUT2D eigenvalue weighted by Crippen LogP contribution is 2.32. The van der Waals surface area contributed by atoms with E-state index < -0.39 is 0 Å². The van der Waals surface area contributed by atoms with Crippen molar-refractivity contribution < 1.29 is 4.79 Å². The molecule has 0 unspecified atom stereocenters. The number of aromatic nitrogens is 1. The molecule has 0 atom stereocenters. The monoisotopic (exact) mass is 373 g/mol. The van der Waals surface area contributed by atoms with E-state index in [9.17, 15) is 4.79 Å². The molecule has 0 bridgehead atoms. The maximum absolute atomic E-state index is 12.3. The maximum Gasteiger partial charge on any atom is 0.241 e. The number of aryl methyl sites for hydroxylation is 3. The van der Waals surface area contributed by atoms with Crippen molar-refractivity contribution >= 4 is 23.0 Å². The number of carbonyl (C=O) groups excluding carboxylic acids is 1. The minimum atomic E-state index is -0.0521. The lowest BCUT2D eigenvalue weighted by molar-refractivity contribution is -0.121. The normalized spacial score (nSPS) is 13.8. The van der Waals surface area contributed by atoms with Gasteiger partial charge < -0.3 is 4.57 Å². The van der Waals surface area contributed by atoms with Gasteiger partial charge in [0.25, 0.3) is 0 Å². The average molecular weight is 374 g/mol. The zero-order valence-corrected chi connectivity index (χ0v) is 16.4. The summed E-state index contributed by atoms with van der Waals surface area (Å²) in [5.41, 5.74) is 9.10. The summed E-state index contributed by atoms with van der Waals surface area (Å²) in [5, 5.41) is 5.47. The summed E-state index contributed by atoms with van der Waals surface area (Å²) >= 11 is 0. The molecule has 0 saturated heterocycles. The van der Waals surface area contributed by atoms with Crippen molar-refractivity contribution in [3.8, 4) is 0 Å². The lowest BCUT2D eigenvalue weighted by atomic mass is 9.95. The number of amides is 1. The SMILES string of the molecule is CCc1ccc(/C=N\NC(=O)CCn2c3c(c4ccccc42)CCCC3)cc1. The smallest absolute Gasteiger partial charge is 0.241 e. The van der Waals surface area contributed by atoms with Gasteiger partial charge in [-0.2, -0.15) is 5.10 Å². The van der Waals surface area contributed by atoms with Gasteiger partial charge in [0.05, 0.1) is 6.21 Å². The first-order valence-corrected chi connectivity index (χ1v) is 10.3. The van der Waals surface area contributed by atoms with E-state index >= 15 is 0 Å². The molecule has 1 aliphatic rings. The number of nitrogens with one attached hydrogen (secondary N) is 1. The van der Waals surface area contributed by atoms with Gasteiger partial charge in [0.15, 0.2) is 0 Å². The van der Waals surface area contributed by atoms with E-state index in [2.05, 4.69) is 58.4 Å². The molecule has 2 aromatic carbocycles. The van der Waals surface area contributed by atoms with Gasteiger partial charge in [-0.3, -0.25) is 4.79 Å². The van der Waals surface area contributed by atoms with E-state index in [-0.39, 0.29) is 5.91 Å². The largest absolute Gasteiger partial charge is 0.344 e. The van der Waals surface area contributed by atoms with Crippen molar-refractivity contribution in [3.63, 3.8) is 0 Å². The molecule has 0 fully saturated rings. The van der Waals surface area contributed by atoms with Gasteiger partial charge in [-0.1, -0.05) is 49.4 Å². The van der Waals surface area contributed by atoms with Gasteiger partial charge >= 0.3 is 0 Å². The summed E-state index contributed by atoms with van der Waals surface area (Å²) in [6.45, 7) is 2.83. The molecule has 1 aliphatic carbocycles. The summed E-state index contributed by atoms with van der Waals surface area (Å²) in [6.07, 6.45) is 7.90. The van der Waals surface area contributed by atoms with E-state index in [1.807, 2.05) is 12.1 Å². The van der Waals surface area contributed by atoms with E-state index in [4.69, 9.17) is 0 Å². The highest BCUT2D eigenvalue weighted by atomic mass is 16.2. The second kappa shape index (κ2) is 8.42. The number of para-hydroxylation sites is 1. The Morgan fingerprint density at radius 3 is 2.71 bits per heavy atom.